The standard InChI is InChI=1S/C37H16N4O2S/c1-2-3-4-5-6-7-8-9-10-11-12-13-14-19-27-44(42,43)41-33-22-20-21-31(28-33)32-29-36(34-23-15-17-25-38-34)40-37(30-32)35-24-16-18-26-39-35/h1,15-18,20-26,28-30,41H. The quantitative estimate of drug-likeness (QED) is 0.358. The molecule has 0 spiro atoms. The van der Waals surface area contributed by atoms with Gasteiger partial charge in [0.25, 0.3) is 0 Å². The number of terminal acetylenes is 1. The van der Waals surface area contributed by atoms with Crippen LogP contribution in [-0.2, 0) is 10.0 Å². The van der Waals surface area contributed by atoms with E-state index >= 15 is 0 Å². The zero-order valence-electron chi connectivity index (χ0n) is 22.7. The maximum absolute atomic E-state index is 12.6. The third-order valence-corrected chi connectivity index (χ3v) is 6.01. The molecule has 0 radical (unpaired) electrons. The SMILES string of the molecule is C#CC#CC#CC#CC#CC#CC#CC#CS(=O)(=O)Nc1cccc(-c2cc(-c3ccccn3)nc(-c3ccccn3)c2)c1. The topological polar surface area (TPSA) is 84.8 Å². The first-order valence-corrected chi connectivity index (χ1v) is 14.0. The van der Waals surface area contributed by atoms with Gasteiger partial charge in [-0.2, -0.15) is 8.42 Å². The molecule has 0 fully saturated rings. The lowest BCUT2D eigenvalue weighted by molar-refractivity contribution is 0.611. The van der Waals surface area contributed by atoms with Gasteiger partial charge in [0.15, 0.2) is 0 Å². The first kappa shape index (κ1) is 29.9. The van der Waals surface area contributed by atoms with Crippen molar-refractivity contribution in [3.8, 4) is 128 Å². The molecular formula is C37H16N4O2S. The second kappa shape index (κ2) is 15.6. The second-order valence-corrected chi connectivity index (χ2v) is 9.53. The van der Waals surface area contributed by atoms with Gasteiger partial charge in [-0.15, -0.1) is 6.42 Å². The summed E-state index contributed by atoms with van der Waals surface area (Å²) < 4.78 is 27.6. The summed E-state index contributed by atoms with van der Waals surface area (Å²) in [5.41, 5.74) is 4.56. The van der Waals surface area contributed by atoms with Gasteiger partial charge in [-0.25, -0.2) is 4.98 Å². The summed E-state index contributed by atoms with van der Waals surface area (Å²) in [6, 6.07) is 21.9. The number of pyridine rings is 3. The summed E-state index contributed by atoms with van der Waals surface area (Å²) in [5, 5.41) is 2.11. The van der Waals surface area contributed by atoms with E-state index in [4.69, 9.17) is 11.4 Å². The second-order valence-electron chi connectivity index (χ2n) is 8.11. The molecule has 4 aromatic rings. The minimum absolute atomic E-state index is 0.323. The molecule has 0 bridgehead atoms. The average molecular weight is 581 g/mol. The van der Waals surface area contributed by atoms with Gasteiger partial charge >= 0.3 is 10.0 Å². The summed E-state index contributed by atoms with van der Waals surface area (Å²) in [6.45, 7) is 0. The van der Waals surface area contributed by atoms with Crippen molar-refractivity contribution in [1.82, 2.24) is 15.0 Å². The Bertz CT molecular complexity index is 2250. The van der Waals surface area contributed by atoms with Crippen molar-refractivity contribution >= 4 is 15.7 Å². The summed E-state index contributed by atoms with van der Waals surface area (Å²) in [4.78, 5) is 13.6. The molecule has 0 unspecified atom stereocenters. The van der Waals surface area contributed by atoms with Crippen LogP contribution in [0.5, 0.6) is 0 Å². The average Bonchev–Trinajstić information content (AvgIpc) is 3.05. The van der Waals surface area contributed by atoms with Crippen LogP contribution in [0, 0.1) is 94.6 Å². The highest BCUT2D eigenvalue weighted by Gasteiger charge is 2.12. The van der Waals surface area contributed by atoms with E-state index in [1.165, 1.54) is 0 Å². The van der Waals surface area contributed by atoms with Gasteiger partial charge in [-0.3, -0.25) is 14.7 Å². The monoisotopic (exact) mass is 580 g/mol. The number of aromatic nitrogens is 3. The number of nitrogens with one attached hydrogen (secondary N) is 1. The van der Waals surface area contributed by atoms with Crippen LogP contribution in [0.2, 0.25) is 0 Å². The molecule has 44 heavy (non-hydrogen) atoms. The number of benzene rings is 1. The fourth-order valence-corrected chi connectivity index (χ4v) is 4.08. The normalized spacial score (nSPS) is 8.70. The Hall–Kier alpha value is -7.10. The highest BCUT2D eigenvalue weighted by molar-refractivity contribution is 7.97. The molecule has 0 aliphatic rings. The number of anilines is 1. The minimum Gasteiger partial charge on any atom is -0.273 e. The van der Waals surface area contributed by atoms with E-state index in [1.807, 2.05) is 54.6 Å². The van der Waals surface area contributed by atoms with E-state index < -0.39 is 10.0 Å². The maximum Gasteiger partial charge on any atom is 0.302 e. The minimum atomic E-state index is -4.03. The molecule has 0 aliphatic heterocycles. The third-order valence-electron chi connectivity index (χ3n) is 5.14. The van der Waals surface area contributed by atoms with Crippen LogP contribution >= 0.6 is 0 Å². The predicted molar refractivity (Wildman–Crippen MR) is 172 cm³/mol. The number of hydrogen-bond acceptors (Lipinski definition) is 5. The van der Waals surface area contributed by atoms with Crippen molar-refractivity contribution in [1.29, 1.82) is 0 Å². The highest BCUT2D eigenvalue weighted by Crippen LogP contribution is 2.30. The third kappa shape index (κ3) is 9.52. The molecule has 0 amide bonds. The Balaban J connectivity index is 1.50. The Morgan fingerprint density at radius 2 is 1.07 bits per heavy atom. The van der Waals surface area contributed by atoms with Gasteiger partial charge in [0.05, 0.1) is 33.7 Å². The largest absolute Gasteiger partial charge is 0.302 e. The lowest BCUT2D eigenvalue weighted by Crippen LogP contribution is -2.09. The smallest absolute Gasteiger partial charge is 0.273 e. The van der Waals surface area contributed by atoms with Crippen LogP contribution in [0.4, 0.5) is 5.69 Å². The van der Waals surface area contributed by atoms with Crippen LogP contribution in [0.25, 0.3) is 33.9 Å². The fraction of sp³-hybridized carbons (Fsp3) is 0. The van der Waals surface area contributed by atoms with Crippen molar-refractivity contribution in [2.75, 3.05) is 4.72 Å². The van der Waals surface area contributed by atoms with E-state index in [9.17, 15) is 8.42 Å². The summed E-state index contributed by atoms with van der Waals surface area (Å²) >= 11 is 0. The van der Waals surface area contributed by atoms with E-state index in [-0.39, 0.29) is 0 Å². The van der Waals surface area contributed by atoms with Crippen molar-refractivity contribution in [2.24, 2.45) is 0 Å². The van der Waals surface area contributed by atoms with E-state index in [0.29, 0.717) is 28.5 Å². The lowest BCUT2D eigenvalue weighted by atomic mass is 10.0. The number of sulfonamides is 1. The van der Waals surface area contributed by atoms with Gasteiger partial charge in [0.2, 0.25) is 0 Å². The first-order valence-electron chi connectivity index (χ1n) is 12.5. The fourth-order valence-electron chi connectivity index (χ4n) is 3.40. The molecule has 0 aliphatic carbocycles. The van der Waals surface area contributed by atoms with Gasteiger partial charge in [0, 0.05) is 30.2 Å². The summed E-state index contributed by atoms with van der Waals surface area (Å²) in [5.74, 6) is 33.5. The zero-order valence-corrected chi connectivity index (χ0v) is 23.5. The van der Waals surface area contributed by atoms with Gasteiger partial charge in [-0.05, 0) is 125 Å². The molecule has 4 rings (SSSR count). The molecule has 3 heterocycles. The molecule has 3 aromatic heterocycles. The van der Waals surface area contributed by atoms with Crippen LogP contribution in [-0.4, -0.2) is 23.4 Å². The van der Waals surface area contributed by atoms with Crippen LogP contribution < -0.4 is 4.72 Å². The predicted octanol–water partition coefficient (Wildman–Crippen LogP) is 4.23. The highest BCUT2D eigenvalue weighted by atomic mass is 32.2. The molecule has 1 aromatic carbocycles. The van der Waals surface area contributed by atoms with Gasteiger partial charge < -0.3 is 0 Å². The first-order chi connectivity index (χ1) is 21.5. The molecule has 7 heteroatoms. The van der Waals surface area contributed by atoms with Crippen LogP contribution in [0.3, 0.4) is 0 Å². The lowest BCUT2D eigenvalue weighted by Gasteiger charge is -2.11. The summed E-state index contributed by atoms with van der Waals surface area (Å²) in [6.07, 6.45) is 8.35. The molecule has 0 saturated carbocycles. The molecule has 1 N–H and O–H groups in total. The van der Waals surface area contributed by atoms with Crippen molar-refractivity contribution in [3.63, 3.8) is 0 Å². The van der Waals surface area contributed by atoms with Crippen molar-refractivity contribution in [3.05, 3.63) is 85.2 Å². The van der Waals surface area contributed by atoms with Crippen molar-refractivity contribution in [2.45, 2.75) is 0 Å². The Labute approximate surface area is 256 Å². The molecule has 202 valence electrons. The summed E-state index contributed by atoms with van der Waals surface area (Å²) in [7, 11) is -4.03. The number of rotatable bonds is 5. The molecular weight excluding hydrogens is 565 g/mol. The van der Waals surface area contributed by atoms with Gasteiger partial charge in [0.1, 0.15) is 0 Å². The number of hydrogen-bond donors (Lipinski definition) is 1. The molecule has 0 atom stereocenters. The Morgan fingerprint density at radius 3 is 1.57 bits per heavy atom. The molecule has 6 nitrogen and oxygen atoms in total. The van der Waals surface area contributed by atoms with E-state index in [1.54, 1.807) is 30.6 Å². The zero-order chi connectivity index (χ0) is 30.9. The van der Waals surface area contributed by atoms with Crippen LogP contribution in [0.1, 0.15) is 0 Å². The Kier molecular flexibility index (Phi) is 10.6. The number of nitrogens with zero attached hydrogens (tertiary/aromatic N) is 3. The van der Waals surface area contributed by atoms with Crippen LogP contribution in [0.15, 0.2) is 85.2 Å². The van der Waals surface area contributed by atoms with Crippen molar-refractivity contribution < 1.29 is 8.42 Å². The van der Waals surface area contributed by atoms with E-state index in [0.717, 1.165) is 11.1 Å². The maximum atomic E-state index is 12.6. The molecule has 0 saturated heterocycles. The van der Waals surface area contributed by atoms with E-state index in [2.05, 4.69) is 103 Å². The van der Waals surface area contributed by atoms with Gasteiger partial charge in [-0.1, -0.05) is 24.3 Å². The Morgan fingerprint density at radius 1 is 0.545 bits per heavy atom.